The summed E-state index contributed by atoms with van der Waals surface area (Å²) < 4.78 is 33.1. The molecule has 28 heavy (non-hydrogen) atoms. The first-order valence-corrected chi connectivity index (χ1v) is 8.64. The van der Waals surface area contributed by atoms with Crippen LogP contribution in [0.1, 0.15) is 8.44 Å². The number of halogens is 2. The van der Waals surface area contributed by atoms with Gasteiger partial charge in [-0.15, -0.1) is 0 Å². The van der Waals surface area contributed by atoms with Crippen LogP contribution in [0.25, 0.3) is 0 Å². The Labute approximate surface area is 168 Å². The van der Waals surface area contributed by atoms with Crippen molar-refractivity contribution in [3.8, 4) is 0 Å². The highest BCUT2D eigenvalue weighted by atomic mass is 35.5. The fraction of sp³-hybridized carbons (Fsp3) is 0.278. The average Bonchev–Trinajstić information content (AvgIpc) is 3.05. The number of aryl methyl sites for hydroxylation is 1. The zero-order valence-electron chi connectivity index (χ0n) is 17.1. The van der Waals surface area contributed by atoms with E-state index in [-0.39, 0.29) is 28.7 Å². The Morgan fingerprint density at radius 3 is 2.96 bits per heavy atom. The van der Waals surface area contributed by atoms with Gasteiger partial charge in [0, 0.05) is 31.8 Å². The van der Waals surface area contributed by atoms with Crippen LogP contribution in [0.15, 0.2) is 42.1 Å². The summed E-state index contributed by atoms with van der Waals surface area (Å²) in [4.78, 5) is 16.3. The van der Waals surface area contributed by atoms with Gasteiger partial charge in [-0.25, -0.2) is 9.37 Å². The monoisotopic (exact) mass is 408 g/mol. The quantitative estimate of drug-likeness (QED) is 0.583. The molecular weight excluding hydrogens is 387 g/mol. The lowest BCUT2D eigenvalue weighted by Gasteiger charge is -2.26. The molecule has 2 aromatic heterocycles. The summed E-state index contributed by atoms with van der Waals surface area (Å²) in [6.45, 7) is -0.234. The number of aromatic nitrogens is 3. The van der Waals surface area contributed by atoms with E-state index in [4.69, 9.17) is 14.3 Å². The molecule has 0 saturated heterocycles. The number of pyridine rings is 1. The predicted molar refractivity (Wildman–Crippen MR) is 105 cm³/mol. The highest BCUT2D eigenvalue weighted by molar-refractivity contribution is 6.33. The molecule has 0 bridgehead atoms. The summed E-state index contributed by atoms with van der Waals surface area (Å²) in [6, 6.07) is 0.560. The van der Waals surface area contributed by atoms with Gasteiger partial charge in [-0.1, -0.05) is 23.8 Å². The van der Waals surface area contributed by atoms with Crippen LogP contribution in [0.2, 0.25) is 5.02 Å². The maximum Gasteiger partial charge on any atom is 0.249 e. The lowest BCUT2D eigenvalue weighted by atomic mass is 9.96. The predicted octanol–water partition coefficient (Wildman–Crippen LogP) is 2.07. The third-order valence-electron chi connectivity index (χ3n) is 3.95. The van der Waals surface area contributed by atoms with Crippen LogP contribution in [0, 0.1) is 0 Å². The molecule has 4 N–H and O–H groups in total. The minimum absolute atomic E-state index is 0.0647. The van der Waals surface area contributed by atoms with Gasteiger partial charge in [0.1, 0.15) is 17.8 Å². The van der Waals surface area contributed by atoms with Gasteiger partial charge in [-0.3, -0.25) is 9.48 Å². The molecule has 0 saturated carbocycles. The second kappa shape index (κ2) is 8.41. The zero-order chi connectivity index (χ0) is 22.1. The number of hydrogen-bond acceptors (Lipinski definition) is 6. The Morgan fingerprint density at radius 1 is 1.50 bits per heavy atom. The number of allylic oxidation sites excluding steroid dienone is 2. The van der Waals surface area contributed by atoms with Crippen LogP contribution in [-0.2, 0) is 18.4 Å². The van der Waals surface area contributed by atoms with E-state index < -0.39 is 18.1 Å². The fourth-order valence-electron chi connectivity index (χ4n) is 2.56. The molecule has 1 aliphatic rings. The topological polar surface area (TPSA) is 104 Å². The van der Waals surface area contributed by atoms with Gasteiger partial charge >= 0.3 is 0 Å². The number of likely N-dealkylation sites (N-methyl/N-ethyl adjacent to an activating group) is 1. The third kappa shape index (κ3) is 4.15. The van der Waals surface area contributed by atoms with Crippen molar-refractivity contribution in [1.82, 2.24) is 20.1 Å². The molecule has 8 nitrogen and oxygen atoms in total. The first-order valence-electron chi connectivity index (χ1n) is 9.27. The molecule has 2 heterocycles. The second-order valence-electron chi connectivity index (χ2n) is 5.84. The van der Waals surface area contributed by atoms with Gasteiger partial charge in [-0.2, -0.15) is 5.10 Å². The molecule has 0 aromatic carbocycles. The van der Waals surface area contributed by atoms with Crippen LogP contribution in [0.3, 0.4) is 0 Å². The smallest absolute Gasteiger partial charge is 0.249 e. The summed E-state index contributed by atoms with van der Waals surface area (Å²) in [5.74, 6) is 0.0996. The van der Waals surface area contributed by atoms with E-state index in [0.29, 0.717) is 11.5 Å². The molecule has 2 aromatic rings. The minimum Gasteiger partial charge on any atom is -0.390 e. The molecular formula is C18H20ClFN6O2. The van der Waals surface area contributed by atoms with E-state index in [1.165, 1.54) is 36.1 Å². The molecule has 2 atom stereocenters. The number of anilines is 3. The van der Waals surface area contributed by atoms with Crippen molar-refractivity contribution in [3.05, 3.63) is 52.8 Å². The zero-order valence-corrected chi connectivity index (χ0v) is 15.9. The average molecular weight is 409 g/mol. The van der Waals surface area contributed by atoms with Crippen LogP contribution in [-0.4, -0.2) is 45.0 Å². The van der Waals surface area contributed by atoms with Gasteiger partial charge in [0.2, 0.25) is 5.91 Å². The molecule has 148 valence electrons. The molecule has 10 heteroatoms. The van der Waals surface area contributed by atoms with Crippen molar-refractivity contribution in [2.24, 2.45) is 7.05 Å². The standard InChI is InChI=1S/C18H20ClFN6O2/c1-21-18(28)11-4-3-5-13(20)17(11)23-14-7-15(22-8-12(14)19)24-16-6-10(9-27)25-26(16)2/h3-8,13,17,27H,9H2,1-2H3,(H,21,28)(H2,22,23,24)/i13D,17D. The van der Waals surface area contributed by atoms with Crippen LogP contribution >= 0.6 is 11.6 Å². The normalized spacial score (nSPS) is 24.8. The van der Waals surface area contributed by atoms with Crippen LogP contribution < -0.4 is 16.0 Å². The van der Waals surface area contributed by atoms with E-state index in [1.54, 1.807) is 13.1 Å². The Hall–Kier alpha value is -2.91. The highest BCUT2D eigenvalue weighted by Crippen LogP contribution is 2.29. The third-order valence-corrected chi connectivity index (χ3v) is 4.25. The fourth-order valence-corrected chi connectivity index (χ4v) is 2.72. The highest BCUT2D eigenvalue weighted by Gasteiger charge is 2.29. The summed E-state index contributed by atoms with van der Waals surface area (Å²) in [7, 11) is 3.02. The van der Waals surface area contributed by atoms with Crippen molar-refractivity contribution >= 4 is 34.8 Å². The van der Waals surface area contributed by atoms with E-state index in [2.05, 4.69) is 26.0 Å². The van der Waals surface area contributed by atoms with Crippen molar-refractivity contribution in [2.75, 3.05) is 17.7 Å². The number of carbonyl (C=O) groups excluding carboxylic acids is 1. The molecule has 3 rings (SSSR count). The summed E-state index contributed by atoms with van der Waals surface area (Å²) >= 11 is 6.18. The van der Waals surface area contributed by atoms with Gasteiger partial charge in [0.25, 0.3) is 0 Å². The number of hydrogen-bond donors (Lipinski definition) is 4. The largest absolute Gasteiger partial charge is 0.390 e. The Kier molecular flexibility index (Phi) is 5.17. The minimum atomic E-state index is -2.96. The van der Waals surface area contributed by atoms with Crippen LogP contribution in [0.4, 0.5) is 21.7 Å². The first kappa shape index (κ1) is 17.2. The number of aliphatic hydroxyl groups excluding tert-OH is 1. The van der Waals surface area contributed by atoms with Crippen molar-refractivity contribution in [2.45, 2.75) is 18.8 Å². The molecule has 1 amide bonds. The summed E-state index contributed by atoms with van der Waals surface area (Å²) in [5, 5.41) is 21.3. The van der Waals surface area contributed by atoms with Gasteiger partial charge in [0.15, 0.2) is 0 Å². The molecule has 2 unspecified atom stereocenters. The molecule has 0 aliphatic heterocycles. The number of rotatable bonds is 6. The van der Waals surface area contributed by atoms with E-state index in [1.807, 2.05) is 0 Å². The van der Waals surface area contributed by atoms with Crippen molar-refractivity contribution in [1.29, 1.82) is 0 Å². The maximum absolute atomic E-state index is 15.0. The first-order chi connectivity index (χ1) is 14.1. The number of aliphatic hydroxyl groups is 1. The van der Waals surface area contributed by atoms with Crippen molar-refractivity contribution < 1.29 is 17.0 Å². The number of alkyl halides is 1. The summed E-state index contributed by atoms with van der Waals surface area (Å²) in [6.07, 6.45) is 1.69. The molecule has 0 radical (unpaired) electrons. The Balaban J connectivity index is 1.96. The summed E-state index contributed by atoms with van der Waals surface area (Å²) in [5.41, 5.74) is 0.253. The maximum atomic E-state index is 15.0. The van der Waals surface area contributed by atoms with E-state index in [0.717, 1.165) is 6.08 Å². The number of amides is 1. The van der Waals surface area contributed by atoms with E-state index >= 15 is 4.39 Å². The Morgan fingerprint density at radius 2 is 2.29 bits per heavy atom. The SMILES string of the molecule is [2H]C1(F)C=CC=C(C(=O)NC)C1([2H])Nc1cc(Nc2cc(CO)nn2C)ncc1Cl. The van der Waals surface area contributed by atoms with Gasteiger partial charge < -0.3 is 21.1 Å². The van der Waals surface area contributed by atoms with Crippen LogP contribution in [0.5, 0.6) is 0 Å². The number of nitrogens with zero attached hydrogens (tertiary/aromatic N) is 3. The lowest BCUT2D eigenvalue weighted by molar-refractivity contribution is -0.117. The Bertz CT molecular complexity index is 1040. The van der Waals surface area contributed by atoms with Gasteiger partial charge in [-0.05, 0) is 6.08 Å². The number of carbonyl (C=O) groups is 1. The lowest BCUT2D eigenvalue weighted by Crippen LogP contribution is -2.39. The molecule has 0 fully saturated rings. The number of nitrogens with one attached hydrogen (secondary N) is 3. The van der Waals surface area contributed by atoms with Crippen molar-refractivity contribution in [3.63, 3.8) is 0 Å². The molecule has 0 spiro atoms. The van der Waals surface area contributed by atoms with Gasteiger partial charge in [0.05, 0.1) is 38.0 Å². The molecule has 1 aliphatic carbocycles. The second-order valence-corrected chi connectivity index (χ2v) is 6.25. The van der Waals surface area contributed by atoms with E-state index in [9.17, 15) is 9.90 Å².